The summed E-state index contributed by atoms with van der Waals surface area (Å²) in [5.41, 5.74) is 0. The second kappa shape index (κ2) is 19.7. The number of nitrogens with zero attached hydrogens (tertiary/aromatic N) is 1. The van der Waals surface area contributed by atoms with Gasteiger partial charge in [-0.15, -0.1) is 0 Å². The fourth-order valence-electron chi connectivity index (χ4n) is 3.50. The van der Waals surface area contributed by atoms with Crippen molar-refractivity contribution < 1.29 is 48.0 Å². The highest BCUT2D eigenvalue weighted by Crippen LogP contribution is 2.21. The average Bonchev–Trinajstić information content (AvgIpc) is 2.84. The quantitative estimate of drug-likeness (QED) is 0.135. The maximum Gasteiger partial charge on any atom is 0.321 e. The first-order valence-electron chi connectivity index (χ1n) is 12.8. The van der Waals surface area contributed by atoms with Crippen molar-refractivity contribution in [3.8, 4) is 0 Å². The Hall–Kier alpha value is -2.34. The highest BCUT2D eigenvalue weighted by Gasteiger charge is 2.35. The average molecular weight is 550 g/mol. The summed E-state index contributed by atoms with van der Waals surface area (Å²) >= 11 is 1.08. The zero-order chi connectivity index (χ0) is 28.4. The van der Waals surface area contributed by atoms with Crippen molar-refractivity contribution in [2.45, 2.75) is 60.4 Å². The highest BCUT2D eigenvalue weighted by atomic mass is 32.2. The van der Waals surface area contributed by atoms with E-state index in [-0.39, 0.29) is 51.0 Å². The molecule has 0 spiro atoms. The van der Waals surface area contributed by atoms with Gasteiger partial charge in [-0.2, -0.15) is 11.8 Å². The maximum atomic E-state index is 12.5. The number of aliphatic carboxylic acids is 1. The van der Waals surface area contributed by atoms with Crippen LogP contribution < -0.4 is 0 Å². The first kappa shape index (κ1) is 34.7. The maximum absolute atomic E-state index is 12.5. The standard InChI is InChI=1S/C25H43NO10S/c1-7-17(22(29)33-9-3)13-26(14-18(8-2)23(30)34-10-4)20(21(27)28)16-37-15-19(24(31)35-11-5)25(32)36-12-6/h17-20H,7-16H2,1-6H3,(H,27,28). The van der Waals surface area contributed by atoms with E-state index in [2.05, 4.69) is 0 Å². The van der Waals surface area contributed by atoms with Crippen LogP contribution in [0.4, 0.5) is 0 Å². The van der Waals surface area contributed by atoms with E-state index in [1.54, 1.807) is 46.4 Å². The third kappa shape index (κ3) is 12.6. The van der Waals surface area contributed by atoms with Gasteiger partial charge in [0.25, 0.3) is 0 Å². The summed E-state index contributed by atoms with van der Waals surface area (Å²) in [6.07, 6.45) is 0.831. The van der Waals surface area contributed by atoms with Crippen molar-refractivity contribution in [2.75, 3.05) is 51.0 Å². The molecule has 0 fully saturated rings. The van der Waals surface area contributed by atoms with E-state index in [4.69, 9.17) is 18.9 Å². The van der Waals surface area contributed by atoms with Crippen LogP contribution in [0.15, 0.2) is 0 Å². The number of thioether (sulfide) groups is 1. The van der Waals surface area contributed by atoms with Crippen LogP contribution >= 0.6 is 11.8 Å². The predicted octanol–water partition coefficient (Wildman–Crippen LogP) is 2.40. The van der Waals surface area contributed by atoms with Gasteiger partial charge in [0.2, 0.25) is 0 Å². The molecule has 0 heterocycles. The lowest BCUT2D eigenvalue weighted by Gasteiger charge is -2.33. The summed E-state index contributed by atoms with van der Waals surface area (Å²) in [4.78, 5) is 63.4. The molecule has 0 radical (unpaired) electrons. The number of rotatable bonds is 20. The Bertz CT molecular complexity index is 686. The summed E-state index contributed by atoms with van der Waals surface area (Å²) < 4.78 is 20.3. The molecule has 11 nitrogen and oxygen atoms in total. The van der Waals surface area contributed by atoms with Gasteiger partial charge in [-0.3, -0.25) is 28.9 Å². The van der Waals surface area contributed by atoms with Gasteiger partial charge in [0.1, 0.15) is 6.04 Å². The third-order valence-electron chi connectivity index (χ3n) is 5.56. The van der Waals surface area contributed by atoms with Crippen molar-refractivity contribution in [1.29, 1.82) is 0 Å². The summed E-state index contributed by atoms with van der Waals surface area (Å²) in [7, 11) is 0. The van der Waals surface area contributed by atoms with E-state index in [9.17, 15) is 29.1 Å². The lowest BCUT2D eigenvalue weighted by molar-refractivity contribution is -0.160. The fourth-order valence-corrected chi connectivity index (χ4v) is 4.73. The Morgan fingerprint density at radius 3 is 1.35 bits per heavy atom. The van der Waals surface area contributed by atoms with Gasteiger partial charge >= 0.3 is 29.8 Å². The van der Waals surface area contributed by atoms with E-state index in [0.29, 0.717) is 12.8 Å². The molecule has 0 aliphatic heterocycles. The zero-order valence-electron chi connectivity index (χ0n) is 22.9. The van der Waals surface area contributed by atoms with Crippen molar-refractivity contribution in [2.24, 2.45) is 17.8 Å². The van der Waals surface area contributed by atoms with Crippen molar-refractivity contribution in [1.82, 2.24) is 4.90 Å². The molecule has 0 saturated carbocycles. The molecule has 0 rings (SSSR count). The number of carboxylic acids is 1. The molecule has 0 aliphatic rings. The van der Waals surface area contributed by atoms with E-state index < -0.39 is 53.6 Å². The number of carboxylic acid groups (broad SMARTS) is 1. The molecule has 1 N–H and O–H groups in total. The second-order valence-corrected chi connectivity index (χ2v) is 9.19. The van der Waals surface area contributed by atoms with Crippen LogP contribution in [0.3, 0.4) is 0 Å². The summed E-state index contributed by atoms with van der Waals surface area (Å²) in [5.74, 6) is -5.97. The van der Waals surface area contributed by atoms with E-state index in [1.165, 1.54) is 0 Å². The molecular weight excluding hydrogens is 506 g/mol. The molecule has 0 aliphatic carbocycles. The smallest absolute Gasteiger partial charge is 0.321 e. The van der Waals surface area contributed by atoms with Crippen LogP contribution in [0.1, 0.15) is 54.4 Å². The van der Waals surface area contributed by atoms with Crippen LogP contribution in [0.2, 0.25) is 0 Å². The van der Waals surface area contributed by atoms with Gasteiger partial charge in [-0.1, -0.05) is 13.8 Å². The largest absolute Gasteiger partial charge is 0.480 e. The summed E-state index contributed by atoms with van der Waals surface area (Å²) in [6, 6.07) is -1.11. The number of carbonyl (C=O) groups excluding carboxylic acids is 4. The minimum Gasteiger partial charge on any atom is -0.480 e. The Morgan fingerprint density at radius 2 is 1.03 bits per heavy atom. The summed E-state index contributed by atoms with van der Waals surface area (Å²) in [6.45, 7) is 10.9. The lowest BCUT2D eigenvalue weighted by atomic mass is 10.0. The minimum absolute atomic E-state index is 0.0108. The second-order valence-electron chi connectivity index (χ2n) is 8.12. The topological polar surface area (TPSA) is 146 Å². The highest BCUT2D eigenvalue weighted by molar-refractivity contribution is 7.99. The van der Waals surface area contributed by atoms with Crippen LogP contribution in [-0.4, -0.2) is 96.9 Å². The van der Waals surface area contributed by atoms with Gasteiger partial charge in [0.05, 0.1) is 38.3 Å². The van der Waals surface area contributed by atoms with Crippen LogP contribution in [0.25, 0.3) is 0 Å². The van der Waals surface area contributed by atoms with E-state index in [0.717, 1.165) is 11.8 Å². The zero-order valence-corrected chi connectivity index (χ0v) is 23.7. The Morgan fingerprint density at radius 1 is 0.649 bits per heavy atom. The van der Waals surface area contributed by atoms with Gasteiger partial charge < -0.3 is 24.1 Å². The molecule has 0 aromatic carbocycles. The minimum atomic E-state index is -1.20. The SMILES string of the molecule is CCOC(=O)C(CC)CN(CC(CC)C(=O)OCC)C(CSCC(C(=O)OCC)C(=O)OCC)C(=O)O. The molecule has 0 bridgehead atoms. The number of hydrogen-bond donors (Lipinski definition) is 1. The molecular formula is C25H43NO10S. The van der Waals surface area contributed by atoms with Crippen molar-refractivity contribution >= 4 is 41.6 Å². The van der Waals surface area contributed by atoms with E-state index in [1.807, 2.05) is 0 Å². The Kier molecular flexibility index (Phi) is 18.5. The van der Waals surface area contributed by atoms with Gasteiger partial charge in [0.15, 0.2) is 5.92 Å². The molecule has 0 aromatic rings. The first-order chi connectivity index (χ1) is 17.6. The molecule has 37 heavy (non-hydrogen) atoms. The van der Waals surface area contributed by atoms with Gasteiger partial charge in [-0.05, 0) is 40.5 Å². The molecule has 0 amide bonds. The van der Waals surface area contributed by atoms with Crippen LogP contribution in [0.5, 0.6) is 0 Å². The first-order valence-corrected chi connectivity index (χ1v) is 14.0. The lowest BCUT2D eigenvalue weighted by Crippen LogP contribution is -2.49. The molecule has 3 atom stereocenters. The number of ether oxygens (including phenoxy) is 4. The van der Waals surface area contributed by atoms with Gasteiger partial charge in [0, 0.05) is 24.6 Å². The molecule has 3 unspecified atom stereocenters. The molecule has 0 saturated heterocycles. The van der Waals surface area contributed by atoms with Gasteiger partial charge in [-0.25, -0.2) is 0 Å². The van der Waals surface area contributed by atoms with Crippen molar-refractivity contribution in [3.63, 3.8) is 0 Å². The summed E-state index contributed by atoms with van der Waals surface area (Å²) in [5, 5.41) is 10.1. The van der Waals surface area contributed by atoms with Crippen molar-refractivity contribution in [3.05, 3.63) is 0 Å². The third-order valence-corrected chi connectivity index (χ3v) is 6.68. The number of carbonyl (C=O) groups is 5. The number of hydrogen-bond acceptors (Lipinski definition) is 11. The normalized spacial score (nSPS) is 13.5. The fraction of sp³-hybridized carbons (Fsp3) is 0.800. The van der Waals surface area contributed by atoms with Crippen LogP contribution in [0, 0.1) is 17.8 Å². The predicted molar refractivity (Wildman–Crippen MR) is 138 cm³/mol. The molecule has 0 aromatic heterocycles. The Balaban J connectivity index is 5.87. The molecule has 214 valence electrons. The Labute approximate surface area is 223 Å². The van der Waals surface area contributed by atoms with E-state index >= 15 is 0 Å². The number of esters is 4. The molecule has 12 heteroatoms. The van der Waals surface area contributed by atoms with Crippen LogP contribution in [-0.2, 0) is 42.9 Å². The monoisotopic (exact) mass is 549 g/mol.